The van der Waals surface area contributed by atoms with Crippen molar-refractivity contribution >= 4 is 44.6 Å². The van der Waals surface area contributed by atoms with Crippen LogP contribution in [0.25, 0.3) is 0 Å². The monoisotopic (exact) mass is 348 g/mol. The Labute approximate surface area is 131 Å². The molecule has 0 aliphatic heterocycles. The third-order valence-electron chi connectivity index (χ3n) is 2.81. The van der Waals surface area contributed by atoms with Crippen molar-refractivity contribution in [3.05, 3.63) is 51.8 Å². The van der Waals surface area contributed by atoms with Crippen LogP contribution in [0.5, 0.6) is 0 Å². The lowest BCUT2D eigenvalue weighted by atomic mass is 10.2. The molecule has 0 fully saturated rings. The Morgan fingerprint density at radius 2 is 1.76 bits per heavy atom. The van der Waals surface area contributed by atoms with Crippen LogP contribution < -0.4 is 10.5 Å². The van der Waals surface area contributed by atoms with Crippen LogP contribution in [0.2, 0.25) is 10.0 Å². The summed E-state index contributed by atoms with van der Waals surface area (Å²) in [7, 11) is -4.07. The molecule has 0 bridgehead atoms. The molecule has 0 aliphatic rings. The van der Waals surface area contributed by atoms with Crippen molar-refractivity contribution in [3.8, 4) is 0 Å². The molecule has 0 atom stereocenters. The second kappa shape index (κ2) is 5.71. The molecular weight excluding hydrogens is 338 g/mol. The third kappa shape index (κ3) is 3.23. The molecule has 0 amide bonds. The Morgan fingerprint density at radius 3 is 2.33 bits per heavy atom. The van der Waals surface area contributed by atoms with E-state index in [1.165, 1.54) is 25.1 Å². The molecule has 21 heavy (non-hydrogen) atoms. The molecule has 0 saturated heterocycles. The predicted octanol–water partition coefficient (Wildman–Crippen LogP) is 3.82. The molecule has 2 rings (SSSR count). The summed E-state index contributed by atoms with van der Waals surface area (Å²) < 4.78 is 40.7. The lowest BCUT2D eigenvalue weighted by molar-refractivity contribution is 0.591. The zero-order valence-corrected chi connectivity index (χ0v) is 13.2. The molecule has 0 radical (unpaired) electrons. The fourth-order valence-corrected chi connectivity index (χ4v) is 3.73. The minimum Gasteiger partial charge on any atom is -0.399 e. The number of nitrogens with one attached hydrogen (secondary N) is 1. The average Bonchev–Trinajstić information content (AvgIpc) is 2.38. The van der Waals surface area contributed by atoms with Gasteiger partial charge in [-0.25, -0.2) is 12.8 Å². The standard InChI is InChI=1S/C13H11Cl2FN2O2S/c1-7-11(16)5-8(17)6-12(7)21(19,20)18-13-9(14)3-2-4-10(13)15/h2-6,18H,17H2,1H3. The normalized spacial score (nSPS) is 11.4. The van der Waals surface area contributed by atoms with E-state index in [-0.39, 0.29) is 31.9 Å². The smallest absolute Gasteiger partial charge is 0.262 e. The Balaban J connectivity index is 2.54. The van der Waals surface area contributed by atoms with E-state index in [0.29, 0.717) is 0 Å². The molecule has 3 N–H and O–H groups in total. The van der Waals surface area contributed by atoms with Crippen molar-refractivity contribution in [2.75, 3.05) is 10.5 Å². The number of rotatable bonds is 3. The average molecular weight is 349 g/mol. The number of halogens is 3. The number of nitrogens with two attached hydrogens (primary N) is 1. The minimum atomic E-state index is -4.07. The predicted molar refractivity (Wildman–Crippen MR) is 82.8 cm³/mol. The molecule has 4 nitrogen and oxygen atoms in total. The second-order valence-corrected chi connectivity index (χ2v) is 6.79. The number of anilines is 2. The summed E-state index contributed by atoms with van der Waals surface area (Å²) in [6.07, 6.45) is 0. The first-order valence-electron chi connectivity index (χ1n) is 5.75. The van der Waals surface area contributed by atoms with Crippen molar-refractivity contribution in [2.45, 2.75) is 11.8 Å². The highest BCUT2D eigenvalue weighted by Gasteiger charge is 2.22. The Hall–Kier alpha value is -1.50. The van der Waals surface area contributed by atoms with E-state index in [0.717, 1.165) is 6.07 Å². The quantitative estimate of drug-likeness (QED) is 0.828. The summed E-state index contributed by atoms with van der Waals surface area (Å²) >= 11 is 11.8. The van der Waals surface area contributed by atoms with Crippen molar-refractivity contribution in [2.24, 2.45) is 0 Å². The topological polar surface area (TPSA) is 72.2 Å². The summed E-state index contributed by atoms with van der Waals surface area (Å²) in [6, 6.07) is 6.77. The number of hydrogen-bond donors (Lipinski definition) is 2. The second-order valence-electron chi connectivity index (χ2n) is 4.33. The van der Waals surface area contributed by atoms with Gasteiger partial charge in [0.2, 0.25) is 0 Å². The van der Waals surface area contributed by atoms with Gasteiger partial charge in [0.1, 0.15) is 5.82 Å². The van der Waals surface area contributed by atoms with Gasteiger partial charge in [-0.2, -0.15) is 0 Å². The van der Waals surface area contributed by atoms with Crippen LogP contribution in [0.15, 0.2) is 35.2 Å². The highest BCUT2D eigenvalue weighted by molar-refractivity contribution is 7.92. The number of para-hydroxylation sites is 1. The maximum Gasteiger partial charge on any atom is 0.262 e. The van der Waals surface area contributed by atoms with E-state index in [1.54, 1.807) is 6.07 Å². The van der Waals surface area contributed by atoms with Crippen molar-refractivity contribution in [1.29, 1.82) is 0 Å². The first-order valence-corrected chi connectivity index (χ1v) is 7.99. The molecule has 0 aliphatic carbocycles. The van der Waals surface area contributed by atoms with E-state index in [2.05, 4.69) is 4.72 Å². The molecule has 112 valence electrons. The van der Waals surface area contributed by atoms with Crippen molar-refractivity contribution in [1.82, 2.24) is 0 Å². The lowest BCUT2D eigenvalue weighted by Gasteiger charge is -2.13. The summed E-state index contributed by atoms with van der Waals surface area (Å²) in [5.74, 6) is -0.708. The number of nitrogen functional groups attached to an aromatic ring is 1. The fourth-order valence-electron chi connectivity index (χ4n) is 1.74. The van der Waals surface area contributed by atoms with Gasteiger partial charge in [0.05, 0.1) is 20.6 Å². The summed E-state index contributed by atoms with van der Waals surface area (Å²) in [6.45, 7) is 1.34. The molecule has 2 aromatic rings. The number of benzene rings is 2. The molecule has 8 heteroatoms. The molecular formula is C13H11Cl2FN2O2S. The summed E-state index contributed by atoms with van der Waals surface area (Å²) in [5, 5.41) is 0.265. The van der Waals surface area contributed by atoms with E-state index in [9.17, 15) is 12.8 Å². The molecule has 0 saturated carbocycles. The van der Waals surface area contributed by atoms with Crippen molar-refractivity contribution in [3.63, 3.8) is 0 Å². The number of sulfonamides is 1. The highest BCUT2D eigenvalue weighted by Crippen LogP contribution is 2.33. The first-order chi connectivity index (χ1) is 9.72. The molecule has 0 heterocycles. The lowest BCUT2D eigenvalue weighted by Crippen LogP contribution is -2.16. The largest absolute Gasteiger partial charge is 0.399 e. The zero-order chi connectivity index (χ0) is 15.8. The summed E-state index contributed by atoms with van der Waals surface area (Å²) in [5.41, 5.74) is 5.49. The van der Waals surface area contributed by atoms with Gasteiger partial charge in [-0.1, -0.05) is 29.3 Å². The summed E-state index contributed by atoms with van der Waals surface area (Å²) in [4.78, 5) is -0.268. The molecule has 0 aromatic heterocycles. The minimum absolute atomic E-state index is 0.00345. The van der Waals surface area contributed by atoms with Gasteiger partial charge in [0, 0.05) is 11.3 Å². The van der Waals surface area contributed by atoms with E-state index in [4.69, 9.17) is 28.9 Å². The van der Waals surface area contributed by atoms with E-state index < -0.39 is 15.8 Å². The van der Waals surface area contributed by atoms with Gasteiger partial charge in [0.15, 0.2) is 0 Å². The Kier molecular flexibility index (Phi) is 4.32. The Morgan fingerprint density at radius 1 is 1.19 bits per heavy atom. The zero-order valence-electron chi connectivity index (χ0n) is 10.8. The van der Waals surface area contributed by atoms with Crippen LogP contribution in [-0.2, 0) is 10.0 Å². The third-order valence-corrected chi connectivity index (χ3v) is 4.91. The molecule has 2 aromatic carbocycles. The van der Waals surface area contributed by atoms with Crippen LogP contribution in [0.4, 0.5) is 15.8 Å². The van der Waals surface area contributed by atoms with Gasteiger partial charge in [-0.05, 0) is 31.2 Å². The van der Waals surface area contributed by atoms with Crippen LogP contribution >= 0.6 is 23.2 Å². The SMILES string of the molecule is Cc1c(F)cc(N)cc1S(=O)(=O)Nc1c(Cl)cccc1Cl. The van der Waals surface area contributed by atoms with Crippen LogP contribution in [0.1, 0.15) is 5.56 Å². The van der Waals surface area contributed by atoms with E-state index in [1.807, 2.05) is 0 Å². The molecule has 0 spiro atoms. The van der Waals surface area contributed by atoms with Crippen molar-refractivity contribution < 1.29 is 12.8 Å². The van der Waals surface area contributed by atoms with Gasteiger partial charge < -0.3 is 5.73 Å². The Bertz CT molecular complexity index is 790. The first kappa shape index (κ1) is 15.9. The maximum atomic E-state index is 13.6. The van der Waals surface area contributed by atoms with Gasteiger partial charge in [-0.3, -0.25) is 4.72 Å². The van der Waals surface area contributed by atoms with Gasteiger partial charge in [0.25, 0.3) is 10.0 Å². The highest BCUT2D eigenvalue weighted by atomic mass is 35.5. The van der Waals surface area contributed by atoms with Gasteiger partial charge in [-0.15, -0.1) is 0 Å². The maximum absolute atomic E-state index is 13.6. The van der Waals surface area contributed by atoms with Crippen LogP contribution in [0.3, 0.4) is 0 Å². The number of hydrogen-bond acceptors (Lipinski definition) is 3. The van der Waals surface area contributed by atoms with Crippen LogP contribution in [0, 0.1) is 12.7 Å². The molecule has 0 unspecified atom stereocenters. The van der Waals surface area contributed by atoms with E-state index >= 15 is 0 Å². The van der Waals surface area contributed by atoms with Gasteiger partial charge >= 0.3 is 0 Å². The van der Waals surface area contributed by atoms with Crippen LogP contribution in [-0.4, -0.2) is 8.42 Å². The fraction of sp³-hybridized carbons (Fsp3) is 0.0769.